The third-order valence-electron chi connectivity index (χ3n) is 6.88. The molecule has 164 valence electrons. The van der Waals surface area contributed by atoms with Crippen molar-refractivity contribution >= 4 is 37.7 Å². The smallest absolute Gasteiger partial charge is 0.298 e. The van der Waals surface area contributed by atoms with E-state index in [1.54, 1.807) is 30.3 Å². The van der Waals surface area contributed by atoms with Crippen molar-refractivity contribution < 1.29 is 12.8 Å². The first-order valence-electron chi connectivity index (χ1n) is 11.2. The summed E-state index contributed by atoms with van der Waals surface area (Å²) in [5.74, 6) is 0. The molecule has 6 nitrogen and oxygen atoms in total. The van der Waals surface area contributed by atoms with Crippen molar-refractivity contribution in [3.8, 4) is 0 Å². The Labute approximate surface area is 187 Å². The van der Waals surface area contributed by atoms with Gasteiger partial charge < -0.3 is 9.32 Å². The number of hydrogen-bond donors (Lipinski definition) is 0. The normalized spacial score (nSPS) is 18.3. The minimum atomic E-state index is -3.77. The van der Waals surface area contributed by atoms with Crippen LogP contribution in [0.2, 0.25) is 0 Å². The highest BCUT2D eigenvalue weighted by molar-refractivity contribution is 7.92. The Bertz CT molecular complexity index is 1400. The Morgan fingerprint density at radius 3 is 2.34 bits per heavy atom. The summed E-state index contributed by atoms with van der Waals surface area (Å²) >= 11 is 0. The molecule has 0 atom stereocenters. The summed E-state index contributed by atoms with van der Waals surface area (Å²) in [6, 6.07) is 19.3. The van der Waals surface area contributed by atoms with Crippen molar-refractivity contribution in [3.63, 3.8) is 0 Å². The van der Waals surface area contributed by atoms with Gasteiger partial charge in [0, 0.05) is 37.6 Å². The van der Waals surface area contributed by atoms with Gasteiger partial charge in [0.25, 0.3) is 6.01 Å². The van der Waals surface area contributed by atoms with Crippen LogP contribution in [0.15, 0.2) is 74.9 Å². The number of oxazole rings is 1. The van der Waals surface area contributed by atoms with E-state index in [-0.39, 0.29) is 4.90 Å². The Morgan fingerprint density at radius 2 is 1.56 bits per heavy atom. The molecule has 0 bridgehead atoms. The molecule has 0 spiro atoms. The number of aromatic nitrogens is 1. The van der Waals surface area contributed by atoms with Crippen LogP contribution in [0.25, 0.3) is 21.9 Å². The van der Waals surface area contributed by atoms with Crippen LogP contribution in [0.5, 0.6) is 0 Å². The maximum absolute atomic E-state index is 13.7. The lowest BCUT2D eigenvalue weighted by atomic mass is 9.91. The lowest BCUT2D eigenvalue weighted by molar-refractivity contribution is 0.119. The van der Waals surface area contributed by atoms with Crippen LogP contribution in [0.4, 0.5) is 6.01 Å². The number of benzene rings is 3. The second kappa shape index (κ2) is 7.60. The van der Waals surface area contributed by atoms with Crippen LogP contribution in [0.1, 0.15) is 19.3 Å². The van der Waals surface area contributed by atoms with Crippen LogP contribution in [0.3, 0.4) is 0 Å². The van der Waals surface area contributed by atoms with E-state index < -0.39 is 9.84 Å². The Balaban J connectivity index is 1.37. The Hall–Kier alpha value is -2.90. The van der Waals surface area contributed by atoms with Gasteiger partial charge in [-0.15, -0.1) is 0 Å². The van der Waals surface area contributed by atoms with Gasteiger partial charge in [-0.25, -0.2) is 8.42 Å². The molecule has 0 amide bonds. The minimum absolute atomic E-state index is 0.189. The van der Waals surface area contributed by atoms with Gasteiger partial charge in [-0.3, -0.25) is 4.90 Å². The molecule has 1 saturated carbocycles. The van der Waals surface area contributed by atoms with Crippen molar-refractivity contribution in [1.29, 1.82) is 0 Å². The summed E-state index contributed by atoms with van der Waals surface area (Å²) in [5, 5.41) is 1.61. The SMILES string of the molecule is O=S(=O)(c1cccc2ccccc12)c1cccc2oc(N3CCN(C4CCC4)CC3)nc12. The van der Waals surface area contributed by atoms with Gasteiger partial charge in [-0.2, -0.15) is 4.98 Å². The molecule has 1 aromatic heterocycles. The fraction of sp³-hybridized carbons (Fsp3) is 0.320. The molecule has 32 heavy (non-hydrogen) atoms. The molecule has 6 rings (SSSR count). The second-order valence-corrected chi connectivity index (χ2v) is 10.6. The van der Waals surface area contributed by atoms with Gasteiger partial charge in [-0.1, -0.05) is 48.9 Å². The van der Waals surface area contributed by atoms with E-state index in [4.69, 9.17) is 4.42 Å². The van der Waals surface area contributed by atoms with E-state index in [1.807, 2.05) is 30.3 Å². The van der Waals surface area contributed by atoms with Gasteiger partial charge in [-0.05, 0) is 36.4 Å². The van der Waals surface area contributed by atoms with Crippen molar-refractivity contribution in [2.24, 2.45) is 0 Å². The maximum Gasteiger partial charge on any atom is 0.298 e. The summed E-state index contributed by atoms with van der Waals surface area (Å²) in [4.78, 5) is 9.84. The monoisotopic (exact) mass is 447 g/mol. The van der Waals surface area contributed by atoms with Gasteiger partial charge in [0.2, 0.25) is 9.84 Å². The third kappa shape index (κ3) is 3.19. The minimum Gasteiger partial charge on any atom is -0.423 e. The molecule has 3 aromatic carbocycles. The van der Waals surface area contributed by atoms with Crippen LogP contribution < -0.4 is 4.90 Å². The molecule has 0 N–H and O–H groups in total. The van der Waals surface area contributed by atoms with Gasteiger partial charge in [0.15, 0.2) is 5.58 Å². The Kier molecular flexibility index (Phi) is 4.69. The zero-order valence-corrected chi connectivity index (χ0v) is 18.6. The van der Waals surface area contributed by atoms with E-state index >= 15 is 0 Å². The van der Waals surface area contributed by atoms with Crippen LogP contribution in [-0.2, 0) is 9.84 Å². The Morgan fingerprint density at radius 1 is 0.844 bits per heavy atom. The van der Waals surface area contributed by atoms with Crippen molar-refractivity contribution in [2.45, 2.75) is 35.1 Å². The van der Waals surface area contributed by atoms with Crippen molar-refractivity contribution in [3.05, 3.63) is 60.7 Å². The number of piperazine rings is 1. The van der Waals surface area contributed by atoms with E-state index in [9.17, 15) is 8.42 Å². The summed E-state index contributed by atoms with van der Waals surface area (Å²) in [6.07, 6.45) is 3.94. The molecular formula is C25H25N3O3S. The molecule has 0 radical (unpaired) electrons. The van der Waals surface area contributed by atoms with Crippen LogP contribution >= 0.6 is 0 Å². The number of sulfone groups is 1. The van der Waals surface area contributed by atoms with E-state index in [0.717, 1.165) is 37.6 Å². The average molecular weight is 448 g/mol. The first-order chi connectivity index (χ1) is 15.6. The lowest BCUT2D eigenvalue weighted by Crippen LogP contribution is -2.52. The first kappa shape index (κ1) is 19.8. The van der Waals surface area contributed by atoms with Crippen LogP contribution in [-0.4, -0.2) is 50.5 Å². The van der Waals surface area contributed by atoms with Crippen molar-refractivity contribution in [1.82, 2.24) is 9.88 Å². The number of para-hydroxylation sites is 1. The van der Waals surface area contributed by atoms with Gasteiger partial charge >= 0.3 is 0 Å². The average Bonchev–Trinajstić information content (AvgIpc) is 3.22. The molecule has 0 unspecified atom stereocenters. The molecule has 1 aliphatic heterocycles. The number of hydrogen-bond acceptors (Lipinski definition) is 6. The standard InChI is InChI=1S/C25H25N3O3S/c29-32(30,22-12-3-7-18-6-1-2-10-20(18)22)23-13-5-11-21-24(23)26-25(31-21)28-16-14-27(15-17-28)19-8-4-9-19/h1-3,5-7,10-13,19H,4,8-9,14-17H2. The fourth-order valence-electron chi connectivity index (χ4n) is 4.84. The molecule has 2 fully saturated rings. The number of nitrogens with zero attached hydrogens (tertiary/aromatic N) is 3. The highest BCUT2D eigenvalue weighted by Gasteiger charge is 2.30. The zero-order chi connectivity index (χ0) is 21.7. The van der Waals surface area contributed by atoms with E-state index in [1.165, 1.54) is 19.3 Å². The highest BCUT2D eigenvalue weighted by Crippen LogP contribution is 2.34. The number of rotatable bonds is 4. The molecule has 2 heterocycles. The van der Waals surface area contributed by atoms with Gasteiger partial charge in [0.05, 0.1) is 4.90 Å². The summed E-state index contributed by atoms with van der Waals surface area (Å²) < 4.78 is 33.4. The van der Waals surface area contributed by atoms with E-state index in [2.05, 4.69) is 14.8 Å². The lowest BCUT2D eigenvalue weighted by Gasteiger charge is -2.42. The molecule has 1 aliphatic carbocycles. The largest absolute Gasteiger partial charge is 0.423 e. The second-order valence-electron chi connectivity index (χ2n) is 8.69. The third-order valence-corrected chi connectivity index (χ3v) is 8.72. The molecule has 1 saturated heterocycles. The number of anilines is 1. The summed E-state index contributed by atoms with van der Waals surface area (Å²) in [6.45, 7) is 3.67. The highest BCUT2D eigenvalue weighted by atomic mass is 32.2. The topological polar surface area (TPSA) is 66.7 Å². The van der Waals surface area contributed by atoms with Crippen LogP contribution in [0, 0.1) is 0 Å². The fourth-order valence-corrected chi connectivity index (χ4v) is 6.47. The first-order valence-corrected chi connectivity index (χ1v) is 12.7. The number of fused-ring (bicyclic) bond motifs is 2. The maximum atomic E-state index is 13.7. The molecular weight excluding hydrogens is 422 g/mol. The van der Waals surface area contributed by atoms with Crippen molar-refractivity contribution in [2.75, 3.05) is 31.1 Å². The predicted molar refractivity (Wildman–Crippen MR) is 125 cm³/mol. The molecule has 7 heteroatoms. The quantitative estimate of drug-likeness (QED) is 0.459. The van der Waals surface area contributed by atoms with E-state index in [0.29, 0.717) is 27.4 Å². The zero-order valence-electron chi connectivity index (χ0n) is 17.8. The molecule has 2 aliphatic rings. The summed E-state index contributed by atoms with van der Waals surface area (Å²) in [5.41, 5.74) is 0.902. The predicted octanol–water partition coefficient (Wildman–Crippen LogP) is 4.49. The van der Waals surface area contributed by atoms with Gasteiger partial charge in [0.1, 0.15) is 10.4 Å². The molecule has 4 aromatic rings. The summed E-state index contributed by atoms with van der Waals surface area (Å²) in [7, 11) is -3.77.